The van der Waals surface area contributed by atoms with Gasteiger partial charge < -0.3 is 20.3 Å². The first-order valence-electron chi connectivity index (χ1n) is 10.6. The van der Waals surface area contributed by atoms with Gasteiger partial charge in [0, 0.05) is 6.54 Å². The Morgan fingerprint density at radius 2 is 1.58 bits per heavy atom. The van der Waals surface area contributed by atoms with E-state index in [0.717, 1.165) is 44.6 Å². The van der Waals surface area contributed by atoms with Crippen LogP contribution in [0.25, 0.3) is 0 Å². The van der Waals surface area contributed by atoms with Gasteiger partial charge in [-0.25, -0.2) is 4.79 Å². The van der Waals surface area contributed by atoms with E-state index >= 15 is 0 Å². The summed E-state index contributed by atoms with van der Waals surface area (Å²) >= 11 is 0. The van der Waals surface area contributed by atoms with Crippen molar-refractivity contribution in [1.29, 1.82) is 0 Å². The van der Waals surface area contributed by atoms with Gasteiger partial charge in [0.1, 0.15) is 5.75 Å². The molecule has 0 aliphatic heterocycles. The third-order valence-corrected chi connectivity index (χ3v) is 4.62. The normalized spacial score (nSPS) is 10.8. The number of aryl methyl sites for hydroxylation is 3. The predicted octanol–water partition coefficient (Wildman–Crippen LogP) is 4.64. The lowest BCUT2D eigenvalue weighted by molar-refractivity contribution is -0.192. The lowest BCUT2D eigenvalue weighted by atomic mass is 10.0. The molecule has 2 aromatic rings. The minimum atomic E-state index is -5.08. The Morgan fingerprint density at radius 3 is 2.15 bits per heavy atom. The number of rotatable bonds is 12. The van der Waals surface area contributed by atoms with Gasteiger partial charge in [0.05, 0.1) is 13.0 Å². The first-order valence-corrected chi connectivity index (χ1v) is 10.6. The Hall–Kier alpha value is -3.07. The van der Waals surface area contributed by atoms with Crippen molar-refractivity contribution in [1.82, 2.24) is 5.32 Å². The summed E-state index contributed by atoms with van der Waals surface area (Å²) in [5.74, 6) is -2.60. The maximum atomic E-state index is 10.6. The number of hydrogen-bond acceptors (Lipinski definition) is 4. The molecule has 6 nitrogen and oxygen atoms in total. The molecule has 2 aromatic carbocycles. The summed E-state index contributed by atoms with van der Waals surface area (Å²) in [4.78, 5) is 19.3. The molecule has 2 rings (SSSR count). The van der Waals surface area contributed by atoms with Crippen LogP contribution in [0.3, 0.4) is 0 Å². The molecule has 0 aliphatic rings. The predicted molar refractivity (Wildman–Crippen MR) is 119 cm³/mol. The summed E-state index contributed by atoms with van der Waals surface area (Å²) in [6.45, 7) is 4.24. The summed E-state index contributed by atoms with van der Waals surface area (Å²) in [6, 6.07) is 16.8. The van der Waals surface area contributed by atoms with E-state index in [9.17, 15) is 18.0 Å². The molecule has 0 amide bonds. The Morgan fingerprint density at radius 1 is 0.939 bits per heavy atom. The molecule has 0 bridgehead atoms. The van der Waals surface area contributed by atoms with Crippen LogP contribution >= 0.6 is 0 Å². The van der Waals surface area contributed by atoms with Gasteiger partial charge in [0.15, 0.2) is 0 Å². The highest BCUT2D eigenvalue weighted by molar-refractivity contribution is 5.73. The van der Waals surface area contributed by atoms with E-state index in [2.05, 4.69) is 48.6 Å². The van der Waals surface area contributed by atoms with Crippen LogP contribution in [0.1, 0.15) is 36.0 Å². The van der Waals surface area contributed by atoms with Crippen molar-refractivity contribution >= 4 is 11.9 Å². The van der Waals surface area contributed by atoms with Crippen molar-refractivity contribution in [2.45, 2.75) is 45.2 Å². The molecule has 0 unspecified atom stereocenters. The van der Waals surface area contributed by atoms with Crippen LogP contribution in [-0.2, 0) is 22.4 Å². The highest BCUT2D eigenvalue weighted by Gasteiger charge is 2.38. The van der Waals surface area contributed by atoms with E-state index in [1.54, 1.807) is 0 Å². The third-order valence-electron chi connectivity index (χ3n) is 4.62. The summed E-state index contributed by atoms with van der Waals surface area (Å²) in [7, 11) is 0. The molecule has 0 heterocycles. The molecular weight excluding hydrogens is 439 g/mol. The van der Waals surface area contributed by atoms with Gasteiger partial charge in [-0.1, -0.05) is 36.4 Å². The molecule has 0 aromatic heterocycles. The minimum Gasteiger partial charge on any atom is -0.494 e. The van der Waals surface area contributed by atoms with Crippen molar-refractivity contribution in [2.75, 3.05) is 19.7 Å². The summed E-state index contributed by atoms with van der Waals surface area (Å²) in [5.41, 5.74) is 4.01. The maximum absolute atomic E-state index is 10.6. The topological polar surface area (TPSA) is 95.9 Å². The number of carboxylic acid groups (broad SMARTS) is 2. The first-order chi connectivity index (χ1) is 15.6. The van der Waals surface area contributed by atoms with E-state index in [-0.39, 0.29) is 6.42 Å². The Labute approximate surface area is 191 Å². The molecule has 0 aliphatic carbocycles. The fourth-order valence-electron chi connectivity index (χ4n) is 2.83. The molecule has 0 radical (unpaired) electrons. The van der Waals surface area contributed by atoms with Crippen LogP contribution in [0.4, 0.5) is 13.2 Å². The second kappa shape index (κ2) is 14.9. The van der Waals surface area contributed by atoms with E-state index in [4.69, 9.17) is 19.7 Å². The Kier molecular flexibility index (Phi) is 12.6. The van der Waals surface area contributed by atoms with E-state index in [1.807, 2.05) is 12.1 Å². The van der Waals surface area contributed by atoms with Gasteiger partial charge in [-0.2, -0.15) is 13.2 Å². The number of carboxylic acids is 2. The fourth-order valence-corrected chi connectivity index (χ4v) is 2.83. The first kappa shape index (κ1) is 28.0. The van der Waals surface area contributed by atoms with Crippen molar-refractivity contribution < 1.29 is 37.7 Å². The molecule has 0 atom stereocenters. The second-order valence-electron chi connectivity index (χ2n) is 7.32. The molecule has 33 heavy (non-hydrogen) atoms. The fraction of sp³-hybridized carbons (Fsp3) is 0.417. The number of nitrogens with one attached hydrogen (secondary N) is 1. The van der Waals surface area contributed by atoms with Gasteiger partial charge in [-0.05, 0) is 68.0 Å². The van der Waals surface area contributed by atoms with Crippen molar-refractivity contribution in [3.63, 3.8) is 0 Å². The lowest BCUT2D eigenvalue weighted by Crippen LogP contribution is -2.21. The Bertz CT molecular complexity index is 854. The molecule has 9 heteroatoms. The number of carbonyl (C=O) groups is 2. The van der Waals surface area contributed by atoms with Crippen molar-refractivity contribution in [3.05, 3.63) is 65.2 Å². The maximum Gasteiger partial charge on any atom is 0.490 e. The highest BCUT2D eigenvalue weighted by Crippen LogP contribution is 2.15. The zero-order chi connectivity index (χ0) is 24.7. The zero-order valence-electron chi connectivity index (χ0n) is 18.5. The second-order valence-corrected chi connectivity index (χ2v) is 7.32. The van der Waals surface area contributed by atoms with Crippen LogP contribution in [0, 0.1) is 6.92 Å². The number of alkyl halides is 3. The monoisotopic (exact) mass is 469 g/mol. The molecule has 182 valence electrons. The quantitative estimate of drug-likeness (QED) is 0.392. The largest absolute Gasteiger partial charge is 0.494 e. The molecular formula is C24H30F3NO5. The van der Waals surface area contributed by atoms with Crippen molar-refractivity contribution in [2.24, 2.45) is 0 Å². The van der Waals surface area contributed by atoms with Gasteiger partial charge in [0.25, 0.3) is 0 Å². The third kappa shape index (κ3) is 13.2. The summed E-state index contributed by atoms with van der Waals surface area (Å²) in [6.07, 6.45) is -0.881. The number of benzene rings is 2. The average molecular weight is 470 g/mol. The SMILES string of the molecule is Cc1ccccc1CCCOc1ccc(CCCNCCC(=O)O)cc1.O=C(O)C(F)(F)F. The van der Waals surface area contributed by atoms with Crippen LogP contribution in [0.5, 0.6) is 5.75 Å². The standard InChI is InChI=1S/C22H29NO3.C2HF3O2/c1-18-6-2-3-8-20(18)9-5-17-26-21-12-10-19(11-13-21)7-4-15-23-16-14-22(24)25;3-2(4,5)1(6)7/h2-3,6,8,10-13,23H,4-5,7,9,14-17H2,1H3,(H,24,25);(H,6,7). The van der Waals surface area contributed by atoms with Gasteiger partial charge in [-0.3, -0.25) is 4.79 Å². The van der Waals surface area contributed by atoms with Crippen LogP contribution < -0.4 is 10.1 Å². The molecule has 3 N–H and O–H groups in total. The zero-order valence-corrected chi connectivity index (χ0v) is 18.5. The molecule has 0 saturated carbocycles. The number of hydrogen-bond donors (Lipinski definition) is 3. The van der Waals surface area contributed by atoms with Crippen LogP contribution in [0.15, 0.2) is 48.5 Å². The lowest BCUT2D eigenvalue weighted by Gasteiger charge is -2.09. The Balaban J connectivity index is 0.000000675. The highest BCUT2D eigenvalue weighted by atomic mass is 19.4. The van der Waals surface area contributed by atoms with E-state index in [0.29, 0.717) is 6.54 Å². The number of ether oxygens (including phenoxy) is 1. The van der Waals surface area contributed by atoms with Crippen LogP contribution in [0.2, 0.25) is 0 Å². The van der Waals surface area contributed by atoms with Gasteiger partial charge in [-0.15, -0.1) is 0 Å². The average Bonchev–Trinajstić information content (AvgIpc) is 2.75. The smallest absolute Gasteiger partial charge is 0.490 e. The number of aliphatic carboxylic acids is 2. The summed E-state index contributed by atoms with van der Waals surface area (Å²) < 4.78 is 37.6. The molecule has 0 saturated heterocycles. The number of halogens is 3. The van der Waals surface area contributed by atoms with E-state index in [1.165, 1.54) is 16.7 Å². The van der Waals surface area contributed by atoms with Crippen molar-refractivity contribution in [3.8, 4) is 5.75 Å². The minimum absolute atomic E-state index is 0.176. The van der Waals surface area contributed by atoms with Crippen LogP contribution in [-0.4, -0.2) is 48.0 Å². The van der Waals surface area contributed by atoms with Gasteiger partial charge in [0.2, 0.25) is 0 Å². The summed E-state index contributed by atoms with van der Waals surface area (Å²) in [5, 5.41) is 18.8. The van der Waals surface area contributed by atoms with E-state index < -0.39 is 18.1 Å². The molecule has 0 fully saturated rings. The molecule has 0 spiro atoms. The van der Waals surface area contributed by atoms with Gasteiger partial charge >= 0.3 is 18.1 Å².